The molecule has 4 rings (SSSR count). The summed E-state index contributed by atoms with van der Waals surface area (Å²) in [7, 11) is 0. The summed E-state index contributed by atoms with van der Waals surface area (Å²) in [5.74, 6) is 0.885. The van der Waals surface area contributed by atoms with E-state index < -0.39 is 0 Å². The van der Waals surface area contributed by atoms with Gasteiger partial charge in [-0.15, -0.1) is 0 Å². The maximum absolute atomic E-state index is 13.5. The zero-order valence-corrected chi connectivity index (χ0v) is 16.5. The SMILES string of the molecule is CCCC1CCCN(C(=O)c2cc(-c3ccncc3)nc3ccccc23)CC1. The minimum atomic E-state index is 0.131. The maximum atomic E-state index is 13.5. The molecule has 4 heteroatoms. The van der Waals surface area contributed by atoms with Gasteiger partial charge in [-0.25, -0.2) is 4.98 Å². The van der Waals surface area contributed by atoms with Gasteiger partial charge in [0, 0.05) is 36.4 Å². The third-order valence-corrected chi connectivity index (χ3v) is 5.75. The molecule has 0 aliphatic carbocycles. The number of hydrogen-bond acceptors (Lipinski definition) is 3. The maximum Gasteiger partial charge on any atom is 0.254 e. The molecular formula is C24H27N3O. The molecule has 1 fully saturated rings. The van der Waals surface area contributed by atoms with Gasteiger partial charge in [0.2, 0.25) is 0 Å². The average Bonchev–Trinajstić information content (AvgIpc) is 2.99. The van der Waals surface area contributed by atoms with Crippen molar-refractivity contribution in [3.8, 4) is 11.3 Å². The van der Waals surface area contributed by atoms with E-state index in [0.29, 0.717) is 0 Å². The molecule has 0 radical (unpaired) electrons. The number of fused-ring (bicyclic) bond motifs is 1. The molecule has 1 saturated heterocycles. The van der Waals surface area contributed by atoms with Crippen LogP contribution in [-0.4, -0.2) is 33.9 Å². The zero-order valence-electron chi connectivity index (χ0n) is 16.5. The van der Waals surface area contributed by atoms with Crippen LogP contribution >= 0.6 is 0 Å². The predicted molar refractivity (Wildman–Crippen MR) is 113 cm³/mol. The molecule has 3 heterocycles. The van der Waals surface area contributed by atoms with Gasteiger partial charge in [-0.2, -0.15) is 0 Å². The van der Waals surface area contributed by atoms with Crippen LogP contribution in [0.5, 0.6) is 0 Å². The normalized spacial score (nSPS) is 17.5. The fourth-order valence-electron chi connectivity index (χ4n) is 4.26. The Morgan fingerprint density at radius 3 is 2.75 bits per heavy atom. The molecule has 4 nitrogen and oxygen atoms in total. The van der Waals surface area contributed by atoms with Crippen molar-refractivity contribution in [3.63, 3.8) is 0 Å². The fraction of sp³-hybridized carbons (Fsp3) is 0.375. The number of carbonyl (C=O) groups is 1. The second-order valence-electron chi connectivity index (χ2n) is 7.69. The van der Waals surface area contributed by atoms with Gasteiger partial charge in [0.05, 0.1) is 16.8 Å². The van der Waals surface area contributed by atoms with Crippen LogP contribution in [0.1, 0.15) is 49.4 Å². The highest BCUT2D eigenvalue weighted by atomic mass is 16.2. The van der Waals surface area contributed by atoms with Crippen LogP contribution in [0.25, 0.3) is 22.2 Å². The standard InChI is InChI=1S/C24H27N3O/c1-2-6-18-7-5-15-27(16-12-18)24(28)21-17-23(19-10-13-25-14-11-19)26-22-9-4-3-8-20(21)22/h3-4,8-11,13-14,17-18H,2,5-7,12,15-16H2,1H3. The summed E-state index contributed by atoms with van der Waals surface area (Å²) in [5.41, 5.74) is 3.42. The largest absolute Gasteiger partial charge is 0.339 e. The monoisotopic (exact) mass is 373 g/mol. The van der Waals surface area contributed by atoms with Gasteiger partial charge in [0.15, 0.2) is 0 Å². The van der Waals surface area contributed by atoms with E-state index in [1.54, 1.807) is 12.4 Å². The molecule has 1 aliphatic rings. The highest BCUT2D eigenvalue weighted by molar-refractivity contribution is 6.07. The van der Waals surface area contributed by atoms with E-state index in [1.165, 1.54) is 19.3 Å². The Hall–Kier alpha value is -2.75. The van der Waals surface area contributed by atoms with Gasteiger partial charge in [-0.05, 0) is 49.4 Å². The summed E-state index contributed by atoms with van der Waals surface area (Å²) < 4.78 is 0. The Bertz CT molecular complexity index is 954. The van der Waals surface area contributed by atoms with Crippen molar-refractivity contribution in [2.75, 3.05) is 13.1 Å². The number of hydrogen-bond donors (Lipinski definition) is 0. The third kappa shape index (κ3) is 3.91. The molecule has 2 aromatic heterocycles. The van der Waals surface area contributed by atoms with Gasteiger partial charge in [0.1, 0.15) is 0 Å². The van der Waals surface area contributed by atoms with Gasteiger partial charge >= 0.3 is 0 Å². The van der Waals surface area contributed by atoms with E-state index in [4.69, 9.17) is 4.98 Å². The topological polar surface area (TPSA) is 46.1 Å². The summed E-state index contributed by atoms with van der Waals surface area (Å²) in [5, 5.41) is 0.930. The van der Waals surface area contributed by atoms with E-state index in [2.05, 4.69) is 11.9 Å². The summed E-state index contributed by atoms with van der Waals surface area (Å²) in [6.07, 6.45) is 9.45. The molecule has 0 N–H and O–H groups in total. The number of carbonyl (C=O) groups excluding carboxylic acids is 1. The molecule has 0 spiro atoms. The minimum Gasteiger partial charge on any atom is -0.339 e. The number of pyridine rings is 2. The number of aromatic nitrogens is 2. The van der Waals surface area contributed by atoms with Crippen LogP contribution in [0.4, 0.5) is 0 Å². The summed E-state index contributed by atoms with van der Waals surface area (Å²) >= 11 is 0. The van der Waals surface area contributed by atoms with E-state index >= 15 is 0 Å². The first-order valence-electron chi connectivity index (χ1n) is 10.4. The molecule has 1 amide bonds. The zero-order chi connectivity index (χ0) is 19.3. The van der Waals surface area contributed by atoms with Crippen LogP contribution in [0, 0.1) is 5.92 Å². The minimum absolute atomic E-state index is 0.131. The van der Waals surface area contributed by atoms with Crippen LogP contribution in [0.15, 0.2) is 54.9 Å². The van der Waals surface area contributed by atoms with Gasteiger partial charge < -0.3 is 4.90 Å². The first-order chi connectivity index (χ1) is 13.8. The number of rotatable bonds is 4. The van der Waals surface area contributed by atoms with Crippen molar-refractivity contribution in [3.05, 3.63) is 60.4 Å². The second-order valence-corrected chi connectivity index (χ2v) is 7.69. The predicted octanol–water partition coefficient (Wildman–Crippen LogP) is 5.34. The Morgan fingerprint density at radius 2 is 1.93 bits per heavy atom. The van der Waals surface area contributed by atoms with E-state index in [-0.39, 0.29) is 5.91 Å². The Balaban J connectivity index is 1.70. The van der Waals surface area contributed by atoms with Gasteiger partial charge in [-0.1, -0.05) is 38.0 Å². The molecule has 1 unspecified atom stereocenters. The number of amides is 1. The lowest BCUT2D eigenvalue weighted by molar-refractivity contribution is 0.0762. The number of benzene rings is 1. The van der Waals surface area contributed by atoms with Crippen LogP contribution in [0.2, 0.25) is 0 Å². The lowest BCUT2D eigenvalue weighted by Crippen LogP contribution is -2.32. The van der Waals surface area contributed by atoms with Crippen molar-refractivity contribution in [2.24, 2.45) is 5.92 Å². The molecule has 0 saturated carbocycles. The Labute approximate surface area is 166 Å². The summed E-state index contributed by atoms with van der Waals surface area (Å²) in [6, 6.07) is 13.8. The molecule has 3 aromatic rings. The molecule has 144 valence electrons. The second kappa shape index (κ2) is 8.51. The van der Waals surface area contributed by atoms with Crippen molar-refractivity contribution in [1.82, 2.24) is 14.9 Å². The fourth-order valence-corrected chi connectivity index (χ4v) is 4.26. The van der Waals surface area contributed by atoms with Crippen molar-refractivity contribution in [2.45, 2.75) is 39.0 Å². The first-order valence-corrected chi connectivity index (χ1v) is 10.4. The highest BCUT2D eigenvalue weighted by Crippen LogP contribution is 2.27. The van der Waals surface area contributed by atoms with Crippen LogP contribution in [-0.2, 0) is 0 Å². The first kappa shape index (κ1) is 18.6. The molecule has 1 aliphatic heterocycles. The molecule has 1 aromatic carbocycles. The van der Waals surface area contributed by atoms with Crippen molar-refractivity contribution in [1.29, 1.82) is 0 Å². The molecular weight excluding hydrogens is 346 g/mol. The molecule has 0 bridgehead atoms. The lowest BCUT2D eigenvalue weighted by atomic mass is 9.96. The Morgan fingerprint density at radius 1 is 1.11 bits per heavy atom. The van der Waals surface area contributed by atoms with Gasteiger partial charge in [0.25, 0.3) is 5.91 Å². The molecule has 1 atom stereocenters. The number of likely N-dealkylation sites (tertiary alicyclic amines) is 1. The van der Waals surface area contributed by atoms with Crippen LogP contribution < -0.4 is 0 Å². The lowest BCUT2D eigenvalue weighted by Gasteiger charge is -2.22. The quantitative estimate of drug-likeness (QED) is 0.620. The van der Waals surface area contributed by atoms with E-state index in [9.17, 15) is 4.79 Å². The van der Waals surface area contributed by atoms with E-state index in [0.717, 1.165) is 59.6 Å². The van der Waals surface area contributed by atoms with Crippen LogP contribution in [0.3, 0.4) is 0 Å². The number of nitrogens with zero attached hydrogens (tertiary/aromatic N) is 3. The summed E-state index contributed by atoms with van der Waals surface area (Å²) in [6.45, 7) is 3.95. The summed E-state index contributed by atoms with van der Waals surface area (Å²) in [4.78, 5) is 24.4. The van der Waals surface area contributed by atoms with Crippen molar-refractivity contribution < 1.29 is 4.79 Å². The third-order valence-electron chi connectivity index (χ3n) is 5.75. The highest BCUT2D eigenvalue weighted by Gasteiger charge is 2.23. The average molecular weight is 374 g/mol. The number of para-hydroxylation sites is 1. The molecule has 28 heavy (non-hydrogen) atoms. The van der Waals surface area contributed by atoms with Gasteiger partial charge in [-0.3, -0.25) is 9.78 Å². The van der Waals surface area contributed by atoms with E-state index in [1.807, 2.05) is 47.4 Å². The van der Waals surface area contributed by atoms with Crippen molar-refractivity contribution >= 4 is 16.8 Å². The Kier molecular flexibility index (Phi) is 5.65. The smallest absolute Gasteiger partial charge is 0.254 e.